The maximum Gasteiger partial charge on any atom is 0.137 e. The molecule has 4 rings (SSSR count). The van der Waals surface area contributed by atoms with Crippen LogP contribution in [0.25, 0.3) is 22.6 Å². The molecular formula is C19H19ClFN3O. The number of H-pyrrole nitrogens is 1. The maximum atomic E-state index is 13.0. The molecule has 1 saturated heterocycles. The fourth-order valence-corrected chi connectivity index (χ4v) is 2.88. The van der Waals surface area contributed by atoms with E-state index in [0.29, 0.717) is 0 Å². The first-order valence-electron chi connectivity index (χ1n) is 8.03. The van der Waals surface area contributed by atoms with Gasteiger partial charge in [0.25, 0.3) is 0 Å². The highest BCUT2D eigenvalue weighted by molar-refractivity contribution is 5.85. The van der Waals surface area contributed by atoms with Crippen LogP contribution < -0.4 is 5.32 Å². The van der Waals surface area contributed by atoms with Crippen molar-refractivity contribution in [3.8, 4) is 22.6 Å². The molecule has 0 spiro atoms. The maximum absolute atomic E-state index is 13.0. The van der Waals surface area contributed by atoms with E-state index in [-0.39, 0.29) is 24.3 Å². The lowest BCUT2D eigenvalue weighted by molar-refractivity contribution is 0.0277. The molecule has 0 radical (unpaired) electrons. The molecular weight excluding hydrogens is 341 g/mol. The molecule has 0 unspecified atom stereocenters. The second-order valence-electron chi connectivity index (χ2n) is 5.84. The Morgan fingerprint density at radius 3 is 2.40 bits per heavy atom. The van der Waals surface area contributed by atoms with E-state index in [9.17, 15) is 4.39 Å². The van der Waals surface area contributed by atoms with Crippen molar-refractivity contribution in [2.75, 3.05) is 19.7 Å². The van der Waals surface area contributed by atoms with Crippen LogP contribution in [0.1, 0.15) is 11.7 Å². The standard InChI is InChI=1S/C19H18FN3O.ClH/c20-16-7-5-13(6-8-16)17-11-22-19(23-17)15-3-1-14(2-4-15)18-12-21-9-10-24-18;/h1-8,11,18,21H,9-10,12H2,(H,22,23);1H/t18-;/m0./s1. The van der Waals surface area contributed by atoms with Gasteiger partial charge in [0.15, 0.2) is 0 Å². The predicted octanol–water partition coefficient (Wildman–Crippen LogP) is 3.97. The first-order valence-corrected chi connectivity index (χ1v) is 8.03. The summed E-state index contributed by atoms with van der Waals surface area (Å²) in [6.07, 6.45) is 1.88. The minimum absolute atomic E-state index is 0. The zero-order valence-corrected chi connectivity index (χ0v) is 14.4. The van der Waals surface area contributed by atoms with Gasteiger partial charge in [-0.3, -0.25) is 0 Å². The molecule has 1 aliphatic heterocycles. The summed E-state index contributed by atoms with van der Waals surface area (Å²) in [7, 11) is 0. The first-order chi connectivity index (χ1) is 11.8. The highest BCUT2D eigenvalue weighted by Crippen LogP contribution is 2.25. The third kappa shape index (κ3) is 3.90. The van der Waals surface area contributed by atoms with Gasteiger partial charge in [0.05, 0.1) is 24.6 Å². The summed E-state index contributed by atoms with van der Waals surface area (Å²) in [6, 6.07) is 14.6. The van der Waals surface area contributed by atoms with Crippen LogP contribution in [0.2, 0.25) is 0 Å². The van der Waals surface area contributed by atoms with E-state index in [1.165, 1.54) is 12.1 Å². The number of nitrogens with zero attached hydrogens (tertiary/aromatic N) is 1. The molecule has 2 N–H and O–H groups in total. The van der Waals surface area contributed by atoms with Crippen LogP contribution in [0.4, 0.5) is 4.39 Å². The number of rotatable bonds is 3. The highest BCUT2D eigenvalue weighted by Gasteiger charge is 2.15. The third-order valence-electron chi connectivity index (χ3n) is 4.21. The second kappa shape index (κ2) is 7.78. The van der Waals surface area contributed by atoms with Gasteiger partial charge in [-0.25, -0.2) is 9.37 Å². The van der Waals surface area contributed by atoms with Gasteiger partial charge in [0.1, 0.15) is 11.6 Å². The Labute approximate surface area is 151 Å². The van der Waals surface area contributed by atoms with E-state index >= 15 is 0 Å². The number of benzene rings is 2. The summed E-state index contributed by atoms with van der Waals surface area (Å²) in [5.74, 6) is 0.553. The summed E-state index contributed by atoms with van der Waals surface area (Å²) in [5.41, 5.74) is 3.95. The number of halogens is 2. The van der Waals surface area contributed by atoms with Gasteiger partial charge in [-0.1, -0.05) is 24.3 Å². The number of aromatic nitrogens is 2. The molecule has 1 aliphatic rings. The van der Waals surface area contributed by atoms with E-state index in [4.69, 9.17) is 4.74 Å². The molecule has 25 heavy (non-hydrogen) atoms. The van der Waals surface area contributed by atoms with Crippen LogP contribution in [0.5, 0.6) is 0 Å². The van der Waals surface area contributed by atoms with Crippen LogP contribution in [-0.2, 0) is 4.74 Å². The fraction of sp³-hybridized carbons (Fsp3) is 0.211. The van der Waals surface area contributed by atoms with Gasteiger partial charge in [-0.05, 0) is 35.4 Å². The number of ether oxygens (including phenoxy) is 1. The number of imidazole rings is 1. The smallest absolute Gasteiger partial charge is 0.137 e. The Morgan fingerprint density at radius 1 is 1.00 bits per heavy atom. The number of aromatic amines is 1. The molecule has 0 bridgehead atoms. The Bertz CT molecular complexity index is 811. The highest BCUT2D eigenvalue weighted by atomic mass is 35.5. The summed E-state index contributed by atoms with van der Waals surface area (Å²) in [6.45, 7) is 2.49. The van der Waals surface area contributed by atoms with Crippen LogP contribution >= 0.6 is 12.4 Å². The van der Waals surface area contributed by atoms with Gasteiger partial charge in [0.2, 0.25) is 0 Å². The summed E-state index contributed by atoms with van der Waals surface area (Å²) in [5, 5.41) is 3.33. The first kappa shape index (κ1) is 17.6. The zero-order chi connectivity index (χ0) is 16.4. The minimum atomic E-state index is -0.242. The average molecular weight is 360 g/mol. The van der Waals surface area contributed by atoms with Crippen LogP contribution in [0.3, 0.4) is 0 Å². The lowest BCUT2D eigenvalue weighted by Crippen LogP contribution is -2.33. The molecule has 2 heterocycles. The van der Waals surface area contributed by atoms with Crippen LogP contribution in [0.15, 0.2) is 54.7 Å². The molecule has 1 atom stereocenters. The molecule has 0 saturated carbocycles. The SMILES string of the molecule is Cl.Fc1ccc(-c2cnc(-c3ccc([C@@H]4CNCCO4)cc3)[nH]2)cc1. The molecule has 1 fully saturated rings. The average Bonchev–Trinajstić information content (AvgIpc) is 3.13. The Kier molecular flexibility index (Phi) is 5.48. The van der Waals surface area contributed by atoms with Crippen molar-refractivity contribution in [3.63, 3.8) is 0 Å². The Hall–Kier alpha value is -2.21. The molecule has 4 nitrogen and oxygen atoms in total. The number of hydrogen-bond donors (Lipinski definition) is 2. The van der Waals surface area contributed by atoms with Crippen molar-refractivity contribution in [1.82, 2.24) is 15.3 Å². The monoisotopic (exact) mass is 359 g/mol. The van der Waals surface area contributed by atoms with E-state index < -0.39 is 0 Å². The van der Waals surface area contributed by atoms with Crippen LogP contribution in [-0.4, -0.2) is 29.7 Å². The quantitative estimate of drug-likeness (QED) is 0.744. The van der Waals surface area contributed by atoms with Gasteiger partial charge in [-0.15, -0.1) is 12.4 Å². The van der Waals surface area contributed by atoms with E-state index in [2.05, 4.69) is 27.4 Å². The van der Waals surface area contributed by atoms with Gasteiger partial charge in [0, 0.05) is 18.7 Å². The number of hydrogen-bond acceptors (Lipinski definition) is 3. The summed E-state index contributed by atoms with van der Waals surface area (Å²) < 4.78 is 18.8. The Balaban J connectivity index is 0.00000182. The largest absolute Gasteiger partial charge is 0.371 e. The van der Waals surface area contributed by atoms with Crippen molar-refractivity contribution in [2.24, 2.45) is 0 Å². The van der Waals surface area contributed by atoms with E-state index in [1.54, 1.807) is 18.3 Å². The lowest BCUT2D eigenvalue weighted by Gasteiger charge is -2.24. The fourth-order valence-electron chi connectivity index (χ4n) is 2.88. The number of morpholine rings is 1. The van der Waals surface area contributed by atoms with Crippen molar-refractivity contribution in [2.45, 2.75) is 6.10 Å². The van der Waals surface area contributed by atoms with E-state index in [0.717, 1.165) is 47.9 Å². The van der Waals surface area contributed by atoms with Crippen molar-refractivity contribution >= 4 is 12.4 Å². The predicted molar refractivity (Wildman–Crippen MR) is 98.2 cm³/mol. The molecule has 2 aromatic carbocycles. The van der Waals surface area contributed by atoms with E-state index in [1.807, 2.05) is 12.1 Å². The second-order valence-corrected chi connectivity index (χ2v) is 5.84. The van der Waals surface area contributed by atoms with Crippen molar-refractivity contribution < 1.29 is 9.13 Å². The summed E-state index contributed by atoms with van der Waals surface area (Å²) >= 11 is 0. The van der Waals surface area contributed by atoms with Gasteiger partial charge in [-0.2, -0.15) is 0 Å². The molecule has 0 amide bonds. The Morgan fingerprint density at radius 2 is 1.72 bits per heavy atom. The molecule has 6 heteroatoms. The number of nitrogens with one attached hydrogen (secondary N) is 2. The minimum Gasteiger partial charge on any atom is -0.371 e. The summed E-state index contributed by atoms with van der Waals surface area (Å²) in [4.78, 5) is 7.72. The van der Waals surface area contributed by atoms with Crippen molar-refractivity contribution in [1.29, 1.82) is 0 Å². The molecule has 3 aromatic rings. The molecule has 1 aromatic heterocycles. The molecule has 130 valence electrons. The van der Waals surface area contributed by atoms with Crippen molar-refractivity contribution in [3.05, 3.63) is 66.1 Å². The lowest BCUT2D eigenvalue weighted by atomic mass is 10.1. The zero-order valence-electron chi connectivity index (χ0n) is 13.5. The van der Waals surface area contributed by atoms with Gasteiger partial charge < -0.3 is 15.0 Å². The third-order valence-corrected chi connectivity index (χ3v) is 4.21. The van der Waals surface area contributed by atoms with Gasteiger partial charge >= 0.3 is 0 Å². The van der Waals surface area contributed by atoms with Crippen LogP contribution in [0, 0.1) is 5.82 Å². The molecule has 0 aliphatic carbocycles. The topological polar surface area (TPSA) is 49.9 Å². The normalized spacial score (nSPS) is 17.1.